The molecule has 46 valence electrons. The zero-order valence-corrected chi connectivity index (χ0v) is 5.60. The highest BCUT2D eigenvalue weighted by atomic mass is 16.3. The van der Waals surface area contributed by atoms with E-state index in [4.69, 9.17) is 5.11 Å². The third kappa shape index (κ3) is 3.47. The summed E-state index contributed by atoms with van der Waals surface area (Å²) in [5.74, 6) is 0.362. The molecular weight excluding hydrogens is 100 g/mol. The van der Waals surface area contributed by atoms with Crippen LogP contribution in [0.5, 0.6) is 0 Å². The fraction of sp³-hybridized carbons (Fsp3) is 0.429. The number of allylic oxidation sites excluding steroid dienone is 4. The Balaban J connectivity index is 3.89. The molecule has 0 radical (unpaired) electrons. The van der Waals surface area contributed by atoms with Crippen molar-refractivity contribution in [3.63, 3.8) is 0 Å². The summed E-state index contributed by atoms with van der Waals surface area (Å²) >= 11 is 0. The Bertz CT molecular complexity index is 116. The Labute approximate surface area is 50.3 Å². The van der Waals surface area contributed by atoms with Crippen molar-refractivity contribution < 1.29 is 5.11 Å². The molecule has 0 aliphatic rings. The molecule has 0 rings (SSSR count). The van der Waals surface area contributed by atoms with Crippen LogP contribution in [0.15, 0.2) is 23.5 Å². The lowest BCUT2D eigenvalue weighted by Crippen LogP contribution is -1.71. The molecule has 0 fully saturated rings. The Morgan fingerprint density at radius 1 is 1.38 bits per heavy atom. The minimum absolute atomic E-state index is 0.362. The molecule has 0 aliphatic heterocycles. The molecule has 0 aromatic heterocycles. The molecule has 0 saturated carbocycles. The molecule has 1 N–H and O–H groups in total. The van der Waals surface area contributed by atoms with Gasteiger partial charge in [-0.25, -0.2) is 0 Å². The van der Waals surface area contributed by atoms with Gasteiger partial charge in [0.15, 0.2) is 0 Å². The molecule has 0 aromatic carbocycles. The Morgan fingerprint density at radius 2 is 1.88 bits per heavy atom. The van der Waals surface area contributed by atoms with E-state index in [9.17, 15) is 0 Å². The third-order valence-electron chi connectivity index (χ3n) is 0.892. The van der Waals surface area contributed by atoms with E-state index in [0.717, 1.165) is 5.57 Å². The minimum Gasteiger partial charge on any atom is -0.513 e. The van der Waals surface area contributed by atoms with Crippen molar-refractivity contribution in [3.8, 4) is 0 Å². The van der Waals surface area contributed by atoms with Crippen LogP contribution in [-0.4, -0.2) is 5.11 Å². The molecule has 8 heavy (non-hydrogen) atoms. The second-order valence-electron chi connectivity index (χ2n) is 1.82. The van der Waals surface area contributed by atoms with Crippen LogP contribution in [0.25, 0.3) is 0 Å². The van der Waals surface area contributed by atoms with Gasteiger partial charge in [0.25, 0.3) is 0 Å². The van der Waals surface area contributed by atoms with Gasteiger partial charge in [-0.2, -0.15) is 0 Å². The zero-order valence-electron chi connectivity index (χ0n) is 5.60. The average molecular weight is 112 g/mol. The van der Waals surface area contributed by atoms with Crippen molar-refractivity contribution in [1.29, 1.82) is 0 Å². The number of hydrogen-bond donors (Lipinski definition) is 1. The van der Waals surface area contributed by atoms with Crippen LogP contribution in [0.3, 0.4) is 0 Å². The molecular formula is C7H12O. The average Bonchev–Trinajstić information content (AvgIpc) is 1.65. The van der Waals surface area contributed by atoms with Crippen LogP contribution < -0.4 is 0 Å². The first-order chi connectivity index (χ1) is 3.66. The van der Waals surface area contributed by atoms with Gasteiger partial charge in [-0.05, 0) is 26.8 Å². The standard InChI is InChI=1S/C7H12O/c1-4-6(2)5-7(3)8/h4-5,8H,1-3H3. The van der Waals surface area contributed by atoms with Crippen molar-refractivity contribution in [2.75, 3.05) is 0 Å². The van der Waals surface area contributed by atoms with Crippen molar-refractivity contribution in [1.82, 2.24) is 0 Å². The lowest BCUT2D eigenvalue weighted by Gasteiger charge is -1.88. The summed E-state index contributed by atoms with van der Waals surface area (Å²) in [6.07, 6.45) is 3.67. The van der Waals surface area contributed by atoms with Gasteiger partial charge in [0, 0.05) is 0 Å². The summed E-state index contributed by atoms with van der Waals surface area (Å²) in [4.78, 5) is 0. The van der Waals surface area contributed by atoms with Crippen LogP contribution in [0, 0.1) is 0 Å². The quantitative estimate of drug-likeness (QED) is 0.408. The highest BCUT2D eigenvalue weighted by Crippen LogP contribution is 1.96. The first kappa shape index (κ1) is 7.28. The smallest absolute Gasteiger partial charge is 0.0894 e. The van der Waals surface area contributed by atoms with Gasteiger partial charge >= 0.3 is 0 Å². The largest absolute Gasteiger partial charge is 0.513 e. The van der Waals surface area contributed by atoms with Gasteiger partial charge < -0.3 is 5.11 Å². The number of aliphatic hydroxyl groups is 1. The Morgan fingerprint density at radius 3 is 2.00 bits per heavy atom. The van der Waals surface area contributed by atoms with E-state index in [0.29, 0.717) is 5.76 Å². The fourth-order valence-corrected chi connectivity index (χ4v) is 0.413. The summed E-state index contributed by atoms with van der Waals surface area (Å²) < 4.78 is 0. The van der Waals surface area contributed by atoms with Crippen LogP contribution in [0.4, 0.5) is 0 Å². The minimum atomic E-state index is 0.362. The molecule has 0 aliphatic carbocycles. The van der Waals surface area contributed by atoms with Crippen LogP contribution in [-0.2, 0) is 0 Å². The Kier molecular flexibility index (Phi) is 3.01. The lowest BCUT2D eigenvalue weighted by molar-refractivity contribution is 0.414. The van der Waals surface area contributed by atoms with Gasteiger partial charge in [0.1, 0.15) is 0 Å². The van der Waals surface area contributed by atoms with Crippen LogP contribution in [0.1, 0.15) is 20.8 Å². The van der Waals surface area contributed by atoms with E-state index in [-0.39, 0.29) is 0 Å². The Hall–Kier alpha value is -0.720. The van der Waals surface area contributed by atoms with E-state index in [2.05, 4.69) is 0 Å². The van der Waals surface area contributed by atoms with E-state index >= 15 is 0 Å². The second-order valence-corrected chi connectivity index (χ2v) is 1.82. The number of aliphatic hydroxyl groups excluding tert-OH is 1. The molecule has 0 spiro atoms. The van der Waals surface area contributed by atoms with Gasteiger partial charge in [-0.15, -0.1) is 0 Å². The topological polar surface area (TPSA) is 20.2 Å². The zero-order chi connectivity index (χ0) is 6.57. The van der Waals surface area contributed by atoms with E-state index in [1.165, 1.54) is 0 Å². The third-order valence-corrected chi connectivity index (χ3v) is 0.892. The van der Waals surface area contributed by atoms with Crippen molar-refractivity contribution in [2.45, 2.75) is 20.8 Å². The molecule has 0 aromatic rings. The maximum absolute atomic E-state index is 8.67. The highest BCUT2D eigenvalue weighted by Gasteiger charge is 1.79. The summed E-state index contributed by atoms with van der Waals surface area (Å²) in [5.41, 5.74) is 1.09. The van der Waals surface area contributed by atoms with Crippen molar-refractivity contribution in [2.24, 2.45) is 0 Å². The fourth-order valence-electron chi connectivity index (χ4n) is 0.413. The predicted octanol–water partition coefficient (Wildman–Crippen LogP) is 2.41. The van der Waals surface area contributed by atoms with E-state index < -0.39 is 0 Å². The van der Waals surface area contributed by atoms with E-state index in [1.54, 1.807) is 13.0 Å². The second kappa shape index (κ2) is 3.30. The summed E-state index contributed by atoms with van der Waals surface area (Å²) in [5, 5.41) is 8.67. The van der Waals surface area contributed by atoms with Gasteiger partial charge in [0.05, 0.1) is 5.76 Å². The van der Waals surface area contributed by atoms with Crippen molar-refractivity contribution in [3.05, 3.63) is 23.5 Å². The van der Waals surface area contributed by atoms with E-state index in [1.807, 2.05) is 19.9 Å². The molecule has 0 heterocycles. The molecule has 0 amide bonds. The predicted molar refractivity (Wildman–Crippen MR) is 35.8 cm³/mol. The molecule has 0 unspecified atom stereocenters. The summed E-state index contributed by atoms with van der Waals surface area (Å²) in [6, 6.07) is 0. The number of rotatable bonds is 1. The van der Waals surface area contributed by atoms with Crippen molar-refractivity contribution >= 4 is 0 Å². The monoisotopic (exact) mass is 112 g/mol. The first-order valence-electron chi connectivity index (χ1n) is 2.67. The lowest BCUT2D eigenvalue weighted by atomic mass is 10.2. The summed E-state index contributed by atoms with van der Waals surface area (Å²) in [7, 11) is 0. The molecule has 1 nitrogen and oxygen atoms in total. The van der Waals surface area contributed by atoms with Crippen LogP contribution in [0.2, 0.25) is 0 Å². The first-order valence-corrected chi connectivity index (χ1v) is 2.67. The number of hydrogen-bond acceptors (Lipinski definition) is 1. The maximum Gasteiger partial charge on any atom is 0.0894 e. The SMILES string of the molecule is CC=C(C)C=C(C)O. The molecule has 1 heteroatoms. The van der Waals surface area contributed by atoms with Gasteiger partial charge in [0.2, 0.25) is 0 Å². The maximum atomic E-state index is 8.67. The molecule has 0 saturated heterocycles. The highest BCUT2D eigenvalue weighted by molar-refractivity contribution is 5.16. The van der Waals surface area contributed by atoms with Crippen LogP contribution >= 0.6 is 0 Å². The molecule has 0 bridgehead atoms. The molecule has 0 atom stereocenters. The van der Waals surface area contributed by atoms with Gasteiger partial charge in [-0.3, -0.25) is 0 Å². The summed E-state index contributed by atoms with van der Waals surface area (Å²) in [6.45, 7) is 5.54. The normalized spacial score (nSPS) is 14.4. The van der Waals surface area contributed by atoms with Gasteiger partial charge in [-0.1, -0.05) is 11.6 Å².